The summed E-state index contributed by atoms with van der Waals surface area (Å²) in [5.41, 5.74) is 1.39. The van der Waals surface area contributed by atoms with E-state index in [1.807, 2.05) is 43.5 Å². The molecule has 1 saturated carbocycles. The summed E-state index contributed by atoms with van der Waals surface area (Å²) in [4.78, 5) is 17.4. The minimum atomic E-state index is -0.535. The largest absolute Gasteiger partial charge is 0.497 e. The molecule has 0 radical (unpaired) electrons. The Bertz CT molecular complexity index is 801. The van der Waals surface area contributed by atoms with Crippen LogP contribution in [-0.2, 0) is 10.3 Å². The van der Waals surface area contributed by atoms with Gasteiger partial charge in [0.05, 0.1) is 23.9 Å². The maximum Gasteiger partial charge on any atom is 0.224 e. The van der Waals surface area contributed by atoms with E-state index in [0.717, 1.165) is 35.9 Å². The number of aromatic nitrogens is 2. The Morgan fingerprint density at radius 1 is 1.42 bits per heavy atom. The maximum atomic E-state index is 12.7. The lowest BCUT2D eigenvalue weighted by Gasteiger charge is -2.25. The zero-order valence-electron chi connectivity index (χ0n) is 14.6. The van der Waals surface area contributed by atoms with Crippen LogP contribution in [0.1, 0.15) is 25.4 Å². The number of pyridine rings is 1. The molecule has 2 N–H and O–H groups in total. The van der Waals surface area contributed by atoms with Crippen LogP contribution >= 0.6 is 0 Å². The Morgan fingerprint density at radius 3 is 2.79 bits per heavy atom. The molecule has 0 spiro atoms. The average molecular weight is 328 g/mol. The molecule has 2 aliphatic rings. The van der Waals surface area contributed by atoms with Crippen molar-refractivity contribution in [2.75, 3.05) is 20.2 Å². The van der Waals surface area contributed by atoms with Crippen molar-refractivity contribution in [3.63, 3.8) is 0 Å². The van der Waals surface area contributed by atoms with Gasteiger partial charge in [-0.25, -0.2) is 4.98 Å². The standard InChI is InChI=1S/C18H24N4O2/c1-10-14-7-11(24-4)5-6-22(14)17(20-10)18(2,3)21-16(23)15-12-8-19-9-13(12)15/h5-7,12-13,15,19H,8-9H2,1-4H3,(H,21,23). The first-order chi connectivity index (χ1) is 11.4. The van der Waals surface area contributed by atoms with Crippen LogP contribution in [0, 0.1) is 24.7 Å². The van der Waals surface area contributed by atoms with Crippen LogP contribution in [0.4, 0.5) is 0 Å². The zero-order chi connectivity index (χ0) is 17.1. The molecule has 128 valence electrons. The van der Waals surface area contributed by atoms with Crippen LogP contribution in [0.3, 0.4) is 0 Å². The van der Waals surface area contributed by atoms with Gasteiger partial charge in [-0.1, -0.05) is 0 Å². The Labute approximate surface area is 141 Å². The first-order valence-electron chi connectivity index (χ1n) is 8.48. The van der Waals surface area contributed by atoms with Gasteiger partial charge in [0.25, 0.3) is 0 Å². The van der Waals surface area contributed by atoms with Crippen LogP contribution in [-0.4, -0.2) is 35.5 Å². The summed E-state index contributed by atoms with van der Waals surface area (Å²) in [6.07, 6.45) is 1.95. The number of nitrogens with zero attached hydrogens (tertiary/aromatic N) is 2. The second-order valence-corrected chi connectivity index (χ2v) is 7.47. The topological polar surface area (TPSA) is 67.7 Å². The first-order valence-corrected chi connectivity index (χ1v) is 8.48. The molecule has 3 heterocycles. The Kier molecular flexibility index (Phi) is 3.35. The third-order valence-corrected chi connectivity index (χ3v) is 5.42. The molecule has 2 unspecified atom stereocenters. The summed E-state index contributed by atoms with van der Waals surface area (Å²) < 4.78 is 7.34. The monoisotopic (exact) mass is 328 g/mol. The van der Waals surface area contributed by atoms with Gasteiger partial charge in [0.15, 0.2) is 0 Å². The molecule has 6 heteroatoms. The molecule has 1 saturated heterocycles. The van der Waals surface area contributed by atoms with Crippen molar-refractivity contribution >= 4 is 11.4 Å². The van der Waals surface area contributed by atoms with E-state index in [-0.39, 0.29) is 11.8 Å². The molecule has 2 atom stereocenters. The zero-order valence-corrected chi connectivity index (χ0v) is 14.6. The molecule has 2 aromatic heterocycles. The molecule has 0 aromatic carbocycles. The van der Waals surface area contributed by atoms with E-state index in [2.05, 4.69) is 10.6 Å². The number of methoxy groups -OCH3 is 1. The fourth-order valence-electron chi connectivity index (χ4n) is 4.04. The highest BCUT2D eigenvalue weighted by atomic mass is 16.5. The van der Waals surface area contributed by atoms with Gasteiger partial charge >= 0.3 is 0 Å². The number of imidazole rings is 1. The van der Waals surface area contributed by atoms with Gasteiger partial charge in [-0.3, -0.25) is 4.79 Å². The SMILES string of the molecule is COc1ccn2c(C(C)(C)NC(=O)C3C4CNCC43)nc(C)c2c1. The minimum absolute atomic E-state index is 0.152. The fourth-order valence-corrected chi connectivity index (χ4v) is 4.04. The van der Waals surface area contributed by atoms with Crippen molar-refractivity contribution < 1.29 is 9.53 Å². The van der Waals surface area contributed by atoms with Crippen molar-refractivity contribution in [1.29, 1.82) is 0 Å². The second-order valence-electron chi connectivity index (χ2n) is 7.47. The number of nitrogens with one attached hydrogen (secondary N) is 2. The highest BCUT2D eigenvalue weighted by molar-refractivity contribution is 5.83. The smallest absolute Gasteiger partial charge is 0.224 e. The van der Waals surface area contributed by atoms with E-state index in [9.17, 15) is 4.79 Å². The third-order valence-electron chi connectivity index (χ3n) is 5.42. The van der Waals surface area contributed by atoms with Crippen molar-refractivity contribution in [1.82, 2.24) is 20.0 Å². The van der Waals surface area contributed by atoms with Gasteiger partial charge in [0.2, 0.25) is 5.91 Å². The molecular formula is C18H24N4O2. The van der Waals surface area contributed by atoms with Gasteiger partial charge in [0.1, 0.15) is 11.6 Å². The van der Waals surface area contributed by atoms with E-state index in [1.165, 1.54) is 0 Å². The molecule has 1 aliphatic heterocycles. The summed E-state index contributed by atoms with van der Waals surface area (Å²) in [5, 5.41) is 6.55. The van der Waals surface area contributed by atoms with Crippen LogP contribution in [0.5, 0.6) is 5.75 Å². The molecule has 24 heavy (non-hydrogen) atoms. The number of carbonyl (C=O) groups is 1. The minimum Gasteiger partial charge on any atom is -0.497 e. The molecule has 2 aromatic rings. The molecule has 0 bridgehead atoms. The predicted octanol–water partition coefficient (Wildman–Crippen LogP) is 1.47. The number of amides is 1. The van der Waals surface area contributed by atoms with Crippen molar-refractivity contribution in [3.05, 3.63) is 29.8 Å². The number of hydrogen-bond acceptors (Lipinski definition) is 4. The number of rotatable bonds is 4. The molecule has 2 fully saturated rings. The van der Waals surface area contributed by atoms with E-state index in [4.69, 9.17) is 9.72 Å². The predicted molar refractivity (Wildman–Crippen MR) is 91.0 cm³/mol. The van der Waals surface area contributed by atoms with Crippen LogP contribution in [0.2, 0.25) is 0 Å². The third kappa shape index (κ3) is 2.28. The van der Waals surface area contributed by atoms with Crippen LogP contribution in [0.15, 0.2) is 18.3 Å². The Hall–Kier alpha value is -2.08. The lowest BCUT2D eigenvalue weighted by molar-refractivity contribution is -0.124. The molecular weight excluding hydrogens is 304 g/mol. The van der Waals surface area contributed by atoms with Crippen molar-refractivity contribution in [3.8, 4) is 5.75 Å². The number of carbonyl (C=O) groups excluding carboxylic acids is 1. The Balaban J connectivity index is 1.62. The van der Waals surface area contributed by atoms with E-state index < -0.39 is 5.54 Å². The van der Waals surface area contributed by atoms with Gasteiger partial charge in [-0.2, -0.15) is 0 Å². The second kappa shape index (κ2) is 5.21. The number of fused-ring (bicyclic) bond motifs is 2. The highest BCUT2D eigenvalue weighted by Crippen LogP contribution is 2.49. The fraction of sp³-hybridized carbons (Fsp3) is 0.556. The molecule has 1 aliphatic carbocycles. The number of aryl methyl sites for hydroxylation is 1. The molecule has 1 amide bonds. The lowest BCUT2D eigenvalue weighted by atomic mass is 10.0. The Morgan fingerprint density at radius 2 is 2.12 bits per heavy atom. The van der Waals surface area contributed by atoms with Gasteiger partial charge < -0.3 is 19.8 Å². The quantitative estimate of drug-likeness (QED) is 0.892. The van der Waals surface area contributed by atoms with Crippen LogP contribution in [0.25, 0.3) is 5.52 Å². The maximum absolute atomic E-state index is 12.7. The summed E-state index contributed by atoms with van der Waals surface area (Å²) >= 11 is 0. The van der Waals surface area contributed by atoms with E-state index >= 15 is 0 Å². The van der Waals surface area contributed by atoms with Gasteiger partial charge in [-0.05, 0) is 51.8 Å². The first kappa shape index (κ1) is 15.4. The molecule has 6 nitrogen and oxygen atoms in total. The summed E-state index contributed by atoms with van der Waals surface area (Å²) in [7, 11) is 1.66. The van der Waals surface area contributed by atoms with Gasteiger partial charge in [0, 0.05) is 18.2 Å². The van der Waals surface area contributed by atoms with E-state index in [0.29, 0.717) is 11.8 Å². The van der Waals surface area contributed by atoms with E-state index in [1.54, 1.807) is 7.11 Å². The average Bonchev–Trinajstić information content (AvgIpc) is 2.88. The van der Waals surface area contributed by atoms with Crippen molar-refractivity contribution in [2.24, 2.45) is 17.8 Å². The summed E-state index contributed by atoms with van der Waals surface area (Å²) in [6.45, 7) is 7.94. The number of piperidine rings is 1. The summed E-state index contributed by atoms with van der Waals surface area (Å²) in [6, 6.07) is 3.88. The summed E-state index contributed by atoms with van der Waals surface area (Å²) in [5.74, 6) is 3.00. The number of ether oxygens (including phenoxy) is 1. The van der Waals surface area contributed by atoms with Crippen LogP contribution < -0.4 is 15.4 Å². The van der Waals surface area contributed by atoms with Gasteiger partial charge in [-0.15, -0.1) is 0 Å². The highest BCUT2D eigenvalue weighted by Gasteiger charge is 2.57. The van der Waals surface area contributed by atoms with Crippen molar-refractivity contribution in [2.45, 2.75) is 26.3 Å². The molecule has 4 rings (SSSR count). The number of hydrogen-bond donors (Lipinski definition) is 2. The lowest BCUT2D eigenvalue weighted by Crippen LogP contribution is -2.44. The normalized spacial score (nSPS) is 25.6.